The Morgan fingerprint density at radius 2 is 2.23 bits per heavy atom. The average molecular weight is 225 g/mol. The molecule has 0 fully saturated rings. The van der Waals surface area contributed by atoms with Crippen LogP contribution in [0.5, 0.6) is 0 Å². The molecule has 0 aliphatic heterocycles. The molecule has 0 saturated carbocycles. The molecule has 0 spiro atoms. The van der Waals surface area contributed by atoms with Crippen LogP contribution in [0.2, 0.25) is 0 Å². The number of thiol groups is 1. The molecule has 0 bridgehead atoms. The topological polar surface area (TPSA) is 12.9 Å². The minimum atomic E-state index is -4.34. The first-order chi connectivity index (χ1) is 6.04. The van der Waals surface area contributed by atoms with Gasteiger partial charge in [0.1, 0.15) is 5.01 Å². The zero-order chi connectivity index (χ0) is 9.90. The fourth-order valence-electron chi connectivity index (χ4n) is 0.648. The highest BCUT2D eigenvalue weighted by Crippen LogP contribution is 2.30. The Hall–Kier alpha value is -0.490. The van der Waals surface area contributed by atoms with Crippen LogP contribution in [-0.2, 0) is 6.18 Å². The summed E-state index contributed by atoms with van der Waals surface area (Å²) in [4.78, 5) is 3.39. The van der Waals surface area contributed by atoms with Crippen LogP contribution in [0.1, 0.15) is 10.7 Å². The SMILES string of the molecule is FC(F)(F)c1csc(C=CCS)n1. The standard InChI is InChI=1S/C7H6F3NS2/c8-7(9,10)5-4-13-6(11-5)2-1-3-12/h1-2,4,12H,3H2. The van der Waals surface area contributed by atoms with E-state index in [2.05, 4.69) is 17.6 Å². The van der Waals surface area contributed by atoms with E-state index >= 15 is 0 Å². The summed E-state index contributed by atoms with van der Waals surface area (Å²) < 4.78 is 36.1. The van der Waals surface area contributed by atoms with Crippen LogP contribution in [-0.4, -0.2) is 10.7 Å². The summed E-state index contributed by atoms with van der Waals surface area (Å²) in [7, 11) is 0. The normalized spacial score (nSPS) is 12.6. The summed E-state index contributed by atoms with van der Waals surface area (Å²) in [6.45, 7) is 0. The van der Waals surface area contributed by atoms with Crippen LogP contribution < -0.4 is 0 Å². The van der Waals surface area contributed by atoms with Crippen molar-refractivity contribution in [1.82, 2.24) is 4.98 Å². The summed E-state index contributed by atoms with van der Waals surface area (Å²) in [5.74, 6) is 0.487. The Kier molecular flexibility index (Phi) is 3.38. The van der Waals surface area contributed by atoms with Gasteiger partial charge in [0.25, 0.3) is 0 Å². The second kappa shape index (κ2) is 4.15. The van der Waals surface area contributed by atoms with E-state index < -0.39 is 11.9 Å². The molecule has 0 radical (unpaired) electrons. The van der Waals surface area contributed by atoms with Crippen molar-refractivity contribution in [2.45, 2.75) is 6.18 Å². The summed E-state index contributed by atoms with van der Waals surface area (Å²) in [6, 6.07) is 0. The number of thiazole rings is 1. The summed E-state index contributed by atoms with van der Waals surface area (Å²) in [5.41, 5.74) is -0.837. The van der Waals surface area contributed by atoms with Crippen molar-refractivity contribution in [2.24, 2.45) is 0 Å². The lowest BCUT2D eigenvalue weighted by Crippen LogP contribution is -2.04. The highest BCUT2D eigenvalue weighted by molar-refractivity contribution is 7.80. The first-order valence-corrected chi connectivity index (χ1v) is 4.85. The van der Waals surface area contributed by atoms with Crippen molar-refractivity contribution in [3.05, 3.63) is 22.2 Å². The van der Waals surface area contributed by atoms with Crippen LogP contribution in [0.15, 0.2) is 11.5 Å². The number of rotatable bonds is 2. The third-order valence-corrected chi connectivity index (χ3v) is 2.20. The largest absolute Gasteiger partial charge is 0.434 e. The van der Waals surface area contributed by atoms with Gasteiger partial charge in [-0.1, -0.05) is 6.08 Å². The van der Waals surface area contributed by atoms with Crippen LogP contribution in [0.3, 0.4) is 0 Å². The Morgan fingerprint density at radius 1 is 1.54 bits per heavy atom. The van der Waals surface area contributed by atoms with Crippen LogP contribution in [0.4, 0.5) is 13.2 Å². The third kappa shape index (κ3) is 3.04. The molecule has 1 nitrogen and oxygen atoms in total. The lowest BCUT2D eigenvalue weighted by molar-refractivity contribution is -0.140. The average Bonchev–Trinajstić information content (AvgIpc) is 2.47. The quantitative estimate of drug-likeness (QED) is 0.763. The maximum atomic E-state index is 12.0. The second-order valence-corrected chi connectivity index (χ2v) is 3.41. The first-order valence-electron chi connectivity index (χ1n) is 3.34. The van der Waals surface area contributed by atoms with E-state index in [0.717, 1.165) is 16.7 Å². The predicted octanol–water partition coefficient (Wildman–Crippen LogP) is 3.10. The number of hydrogen-bond donors (Lipinski definition) is 1. The van der Waals surface area contributed by atoms with Gasteiger partial charge in [-0.2, -0.15) is 25.8 Å². The zero-order valence-electron chi connectivity index (χ0n) is 6.38. The van der Waals surface area contributed by atoms with E-state index in [-0.39, 0.29) is 0 Å². The van der Waals surface area contributed by atoms with Gasteiger partial charge in [-0.15, -0.1) is 11.3 Å². The fraction of sp³-hybridized carbons (Fsp3) is 0.286. The number of alkyl halides is 3. The molecule has 72 valence electrons. The molecule has 1 aromatic heterocycles. The first kappa shape index (κ1) is 10.6. The van der Waals surface area contributed by atoms with Gasteiger partial charge in [0.15, 0.2) is 5.69 Å². The highest BCUT2D eigenvalue weighted by Gasteiger charge is 2.33. The monoisotopic (exact) mass is 225 g/mol. The summed E-state index contributed by atoms with van der Waals surface area (Å²) >= 11 is 4.85. The Labute approximate surface area is 82.7 Å². The molecule has 0 unspecified atom stereocenters. The lowest BCUT2D eigenvalue weighted by atomic mass is 10.5. The highest BCUT2D eigenvalue weighted by atomic mass is 32.1. The molecule has 1 rings (SSSR count). The van der Waals surface area contributed by atoms with Crippen molar-refractivity contribution in [3.8, 4) is 0 Å². The van der Waals surface area contributed by atoms with Gasteiger partial charge in [-0.05, 0) is 6.08 Å². The van der Waals surface area contributed by atoms with Gasteiger partial charge in [0.2, 0.25) is 0 Å². The maximum absolute atomic E-state index is 12.0. The minimum Gasteiger partial charge on any atom is -0.232 e. The van der Waals surface area contributed by atoms with Crippen molar-refractivity contribution in [2.75, 3.05) is 5.75 Å². The summed E-state index contributed by atoms with van der Waals surface area (Å²) in [5, 5.41) is 1.35. The third-order valence-electron chi connectivity index (χ3n) is 1.18. The molecule has 0 aliphatic carbocycles. The molecule has 0 saturated heterocycles. The van der Waals surface area contributed by atoms with Gasteiger partial charge in [0, 0.05) is 11.1 Å². The van der Waals surface area contributed by atoms with Gasteiger partial charge in [-0.25, -0.2) is 4.98 Å². The van der Waals surface area contributed by atoms with Crippen LogP contribution in [0, 0.1) is 0 Å². The minimum absolute atomic E-state index is 0.348. The van der Waals surface area contributed by atoms with Crippen molar-refractivity contribution < 1.29 is 13.2 Å². The molecular formula is C7H6F3NS2. The van der Waals surface area contributed by atoms with Crippen LogP contribution >= 0.6 is 24.0 Å². The van der Waals surface area contributed by atoms with E-state index in [1.807, 2.05) is 0 Å². The zero-order valence-corrected chi connectivity index (χ0v) is 8.09. The Morgan fingerprint density at radius 3 is 2.69 bits per heavy atom. The van der Waals surface area contributed by atoms with Crippen molar-refractivity contribution >= 4 is 30.0 Å². The number of aromatic nitrogens is 1. The number of halogens is 3. The Bertz CT molecular complexity index is 303. The fourth-order valence-corrected chi connectivity index (χ4v) is 1.50. The van der Waals surface area contributed by atoms with Gasteiger partial charge < -0.3 is 0 Å². The van der Waals surface area contributed by atoms with Gasteiger partial charge in [-0.3, -0.25) is 0 Å². The molecule has 0 aromatic carbocycles. The van der Waals surface area contributed by atoms with Gasteiger partial charge >= 0.3 is 6.18 Å². The number of hydrogen-bond acceptors (Lipinski definition) is 3. The smallest absolute Gasteiger partial charge is 0.232 e. The molecule has 0 amide bonds. The molecule has 6 heteroatoms. The lowest BCUT2D eigenvalue weighted by Gasteiger charge is -1.98. The van der Waals surface area contributed by atoms with E-state index in [1.165, 1.54) is 6.08 Å². The second-order valence-electron chi connectivity index (χ2n) is 2.15. The number of nitrogens with zero attached hydrogens (tertiary/aromatic N) is 1. The predicted molar refractivity (Wildman–Crippen MR) is 50.0 cm³/mol. The molecule has 1 aromatic rings. The molecular weight excluding hydrogens is 219 g/mol. The molecule has 1 heterocycles. The van der Waals surface area contributed by atoms with Gasteiger partial charge in [0.05, 0.1) is 0 Å². The molecule has 0 aliphatic rings. The van der Waals surface area contributed by atoms with Crippen molar-refractivity contribution in [3.63, 3.8) is 0 Å². The molecule has 13 heavy (non-hydrogen) atoms. The van der Waals surface area contributed by atoms with E-state index in [9.17, 15) is 13.2 Å². The summed E-state index contributed by atoms with van der Waals surface area (Å²) in [6.07, 6.45) is -1.18. The van der Waals surface area contributed by atoms with Crippen LogP contribution in [0.25, 0.3) is 6.08 Å². The van der Waals surface area contributed by atoms with E-state index in [1.54, 1.807) is 6.08 Å². The molecule has 0 N–H and O–H groups in total. The Balaban J connectivity index is 2.81. The van der Waals surface area contributed by atoms with E-state index in [4.69, 9.17) is 0 Å². The maximum Gasteiger partial charge on any atom is 0.434 e. The molecule has 0 atom stereocenters. The van der Waals surface area contributed by atoms with Crippen molar-refractivity contribution in [1.29, 1.82) is 0 Å². The van der Waals surface area contributed by atoms with E-state index in [0.29, 0.717) is 10.8 Å².